The Balaban J connectivity index is 2.13. The normalized spacial score (nSPS) is 17.9. The highest BCUT2D eigenvalue weighted by Crippen LogP contribution is 2.24. The summed E-state index contributed by atoms with van der Waals surface area (Å²) in [6.07, 6.45) is 9.58. The largest absolute Gasteiger partial charge is 0.377 e. The smallest absolute Gasteiger partial charge is 0.232 e. The number of carbonyl (C=O) groups is 3. The molecule has 2 unspecified atom stereocenters. The van der Waals surface area contributed by atoms with Crippen molar-refractivity contribution in [2.45, 2.75) is 85.0 Å². The minimum absolute atomic E-state index is 0.0466. The predicted molar refractivity (Wildman–Crippen MR) is 114 cm³/mol. The molecule has 0 aromatic rings. The summed E-state index contributed by atoms with van der Waals surface area (Å²) >= 11 is 0. The van der Waals surface area contributed by atoms with Crippen LogP contribution in [0.15, 0.2) is 0 Å². The molecular weight excluding hydrogens is 370 g/mol. The molecule has 0 aromatic heterocycles. The predicted octanol–water partition coefficient (Wildman–Crippen LogP) is 4.15. The Morgan fingerprint density at radius 1 is 1.00 bits per heavy atom. The Morgan fingerprint density at radius 2 is 1.72 bits per heavy atom. The maximum Gasteiger partial charge on any atom is 0.232 e. The molecule has 0 N–H and O–H groups in total. The van der Waals surface area contributed by atoms with Crippen molar-refractivity contribution >= 4 is 17.6 Å². The summed E-state index contributed by atoms with van der Waals surface area (Å²) in [6.45, 7) is 7.77. The summed E-state index contributed by atoms with van der Waals surface area (Å²) in [5.41, 5.74) is 0. The van der Waals surface area contributed by atoms with Crippen LogP contribution < -0.4 is 0 Å². The van der Waals surface area contributed by atoms with Crippen molar-refractivity contribution in [3.63, 3.8) is 0 Å². The van der Waals surface area contributed by atoms with E-state index in [0.717, 1.165) is 51.4 Å². The number of carbonyl (C=O) groups excluding carboxylic acids is 3. The van der Waals surface area contributed by atoms with Crippen molar-refractivity contribution in [2.75, 3.05) is 33.0 Å². The van der Waals surface area contributed by atoms with Crippen LogP contribution >= 0.6 is 0 Å². The number of nitrogens with zero attached hydrogens (tertiary/aromatic N) is 1. The van der Waals surface area contributed by atoms with Crippen LogP contribution in [-0.2, 0) is 23.9 Å². The Kier molecular flexibility index (Phi) is 13.8. The number of hydrogen-bond donors (Lipinski definition) is 0. The fourth-order valence-corrected chi connectivity index (χ4v) is 3.74. The van der Waals surface area contributed by atoms with Crippen LogP contribution in [0, 0.1) is 11.8 Å². The van der Waals surface area contributed by atoms with E-state index in [4.69, 9.17) is 9.47 Å². The van der Waals surface area contributed by atoms with Crippen molar-refractivity contribution < 1.29 is 23.9 Å². The van der Waals surface area contributed by atoms with Gasteiger partial charge in [-0.3, -0.25) is 19.3 Å². The average molecular weight is 412 g/mol. The van der Waals surface area contributed by atoms with Crippen LogP contribution in [0.1, 0.15) is 85.0 Å². The number of Topliss-reactive ketones (excluding diaryl/α,β-unsaturated/α-hetero) is 1. The zero-order valence-electron chi connectivity index (χ0n) is 18.7. The highest BCUT2D eigenvalue weighted by molar-refractivity contribution is 6.03. The van der Waals surface area contributed by atoms with Gasteiger partial charge in [0.1, 0.15) is 6.61 Å². The lowest BCUT2D eigenvalue weighted by atomic mass is 9.95. The zero-order chi connectivity index (χ0) is 21.5. The van der Waals surface area contributed by atoms with Gasteiger partial charge in [-0.15, -0.1) is 0 Å². The Bertz CT molecular complexity index is 494. The molecule has 6 nitrogen and oxygen atoms in total. The van der Waals surface area contributed by atoms with E-state index in [2.05, 4.69) is 13.8 Å². The second kappa shape index (κ2) is 15.6. The van der Waals surface area contributed by atoms with Gasteiger partial charge in [0, 0.05) is 18.3 Å². The first-order chi connectivity index (χ1) is 14.0. The minimum Gasteiger partial charge on any atom is -0.377 e. The fraction of sp³-hybridized carbons (Fsp3) is 0.870. The molecule has 0 bridgehead atoms. The van der Waals surface area contributed by atoms with Gasteiger partial charge in [0.05, 0.1) is 26.4 Å². The molecule has 2 amide bonds. The molecule has 2 atom stereocenters. The maximum atomic E-state index is 12.4. The second-order valence-electron chi connectivity index (χ2n) is 8.01. The van der Waals surface area contributed by atoms with Crippen LogP contribution in [0.25, 0.3) is 0 Å². The monoisotopic (exact) mass is 411 g/mol. The minimum atomic E-state index is -0.145. The number of ether oxygens (including phenoxy) is 2. The van der Waals surface area contributed by atoms with E-state index in [9.17, 15) is 14.4 Å². The van der Waals surface area contributed by atoms with E-state index in [1.165, 1.54) is 11.3 Å². The Morgan fingerprint density at radius 3 is 2.41 bits per heavy atom. The highest BCUT2D eigenvalue weighted by atomic mass is 16.5. The molecule has 168 valence electrons. The van der Waals surface area contributed by atoms with Gasteiger partial charge in [0.15, 0.2) is 5.78 Å². The van der Waals surface area contributed by atoms with E-state index in [-0.39, 0.29) is 36.0 Å². The average Bonchev–Trinajstić information content (AvgIpc) is 2.98. The summed E-state index contributed by atoms with van der Waals surface area (Å²) in [5.74, 6) is -0.0154. The van der Waals surface area contributed by atoms with E-state index in [1.807, 2.05) is 6.92 Å². The maximum absolute atomic E-state index is 12.4. The zero-order valence-corrected chi connectivity index (χ0v) is 18.7. The molecule has 1 fully saturated rings. The van der Waals surface area contributed by atoms with Gasteiger partial charge in [-0.2, -0.15) is 0 Å². The SMILES string of the molecule is CCCCCCC1CC(=O)N(CCOCCOCC(=O)C(CC)CCCC)C1=O. The summed E-state index contributed by atoms with van der Waals surface area (Å²) in [5, 5.41) is 0. The van der Waals surface area contributed by atoms with Crippen LogP contribution in [0.5, 0.6) is 0 Å². The Labute approximate surface area is 176 Å². The first-order valence-corrected chi connectivity index (χ1v) is 11.6. The van der Waals surface area contributed by atoms with E-state index in [0.29, 0.717) is 32.8 Å². The van der Waals surface area contributed by atoms with Gasteiger partial charge in [-0.05, 0) is 19.3 Å². The molecule has 0 spiro atoms. The fourth-order valence-electron chi connectivity index (χ4n) is 3.74. The van der Waals surface area contributed by atoms with Gasteiger partial charge in [0.2, 0.25) is 11.8 Å². The molecule has 1 aliphatic heterocycles. The number of amides is 2. The quantitative estimate of drug-likeness (QED) is 0.250. The molecule has 0 aliphatic carbocycles. The number of hydrogen-bond acceptors (Lipinski definition) is 5. The number of likely N-dealkylation sites (tertiary alicyclic amines) is 1. The lowest BCUT2D eigenvalue weighted by molar-refractivity contribution is -0.140. The van der Waals surface area contributed by atoms with Gasteiger partial charge < -0.3 is 9.47 Å². The van der Waals surface area contributed by atoms with Gasteiger partial charge in [-0.1, -0.05) is 59.3 Å². The summed E-state index contributed by atoms with van der Waals surface area (Å²) in [4.78, 5) is 37.9. The van der Waals surface area contributed by atoms with Gasteiger partial charge >= 0.3 is 0 Å². The van der Waals surface area contributed by atoms with Crippen molar-refractivity contribution in [1.82, 2.24) is 4.90 Å². The number of imide groups is 1. The van der Waals surface area contributed by atoms with Gasteiger partial charge in [-0.25, -0.2) is 0 Å². The highest BCUT2D eigenvalue weighted by Gasteiger charge is 2.37. The number of unbranched alkanes of at least 4 members (excludes halogenated alkanes) is 4. The van der Waals surface area contributed by atoms with Gasteiger partial charge in [0.25, 0.3) is 0 Å². The lowest BCUT2D eigenvalue weighted by Gasteiger charge is -2.15. The van der Waals surface area contributed by atoms with Crippen LogP contribution in [-0.4, -0.2) is 55.5 Å². The van der Waals surface area contributed by atoms with Crippen LogP contribution in [0.3, 0.4) is 0 Å². The molecule has 6 heteroatoms. The number of rotatable bonds is 18. The van der Waals surface area contributed by atoms with Crippen molar-refractivity contribution in [2.24, 2.45) is 11.8 Å². The third-order valence-electron chi connectivity index (χ3n) is 5.67. The first-order valence-electron chi connectivity index (χ1n) is 11.6. The molecule has 0 saturated carbocycles. The summed E-state index contributed by atoms with van der Waals surface area (Å²) < 4.78 is 10.9. The second-order valence-corrected chi connectivity index (χ2v) is 8.01. The Hall–Kier alpha value is -1.27. The van der Waals surface area contributed by atoms with Crippen LogP contribution in [0.4, 0.5) is 0 Å². The van der Waals surface area contributed by atoms with Crippen LogP contribution in [0.2, 0.25) is 0 Å². The molecule has 1 heterocycles. The molecule has 1 saturated heterocycles. The van der Waals surface area contributed by atoms with Crippen molar-refractivity contribution in [3.8, 4) is 0 Å². The van der Waals surface area contributed by atoms with E-state index >= 15 is 0 Å². The third kappa shape index (κ3) is 9.85. The standard InChI is InChI=1S/C23H41NO5/c1-4-7-9-10-12-20-17-22(26)24(23(20)27)13-14-28-15-16-29-18-21(25)19(6-3)11-8-5-2/h19-20H,4-18H2,1-3H3. The van der Waals surface area contributed by atoms with E-state index < -0.39 is 0 Å². The lowest BCUT2D eigenvalue weighted by Crippen LogP contribution is -2.34. The molecule has 1 aliphatic rings. The molecule has 0 radical (unpaired) electrons. The molecule has 0 aromatic carbocycles. The van der Waals surface area contributed by atoms with Crippen molar-refractivity contribution in [3.05, 3.63) is 0 Å². The summed E-state index contributed by atoms with van der Waals surface area (Å²) in [6, 6.07) is 0. The molecule has 1 rings (SSSR count). The third-order valence-corrected chi connectivity index (χ3v) is 5.67. The first kappa shape index (κ1) is 25.8. The molecule has 29 heavy (non-hydrogen) atoms. The molecular formula is C23H41NO5. The summed E-state index contributed by atoms with van der Waals surface area (Å²) in [7, 11) is 0. The number of ketones is 1. The van der Waals surface area contributed by atoms with Crippen molar-refractivity contribution in [1.29, 1.82) is 0 Å². The van der Waals surface area contributed by atoms with E-state index in [1.54, 1.807) is 0 Å². The topological polar surface area (TPSA) is 72.9 Å².